The highest BCUT2D eigenvalue weighted by molar-refractivity contribution is 5.70. The average molecular weight is 393 g/mol. The molecule has 0 saturated carbocycles. The van der Waals surface area contributed by atoms with Crippen LogP contribution in [0.25, 0.3) is 0 Å². The average Bonchev–Trinajstić information content (AvgIpc) is 2.61. The molecule has 1 N–H and O–H groups in total. The minimum absolute atomic E-state index is 0.326. The quantitative estimate of drug-likeness (QED) is 0.311. The molecule has 0 aromatic heterocycles. The molecule has 160 valence electrons. The maximum atomic E-state index is 11.1. The second-order valence-corrected chi connectivity index (χ2v) is 8.83. The van der Waals surface area contributed by atoms with Gasteiger partial charge in [-0.15, -0.1) is 0 Å². The van der Waals surface area contributed by atoms with Crippen LogP contribution in [0.5, 0.6) is 0 Å². The maximum absolute atomic E-state index is 11.1. The van der Waals surface area contributed by atoms with Gasteiger partial charge in [0.05, 0.1) is 5.92 Å². The van der Waals surface area contributed by atoms with Crippen molar-refractivity contribution in [3.63, 3.8) is 0 Å². The van der Waals surface area contributed by atoms with E-state index in [1.807, 2.05) is 0 Å². The SMILES string of the molecule is CC(C)=CCCC(C)=CCCC(C)=CCCC1(C)CCC([C@H](C)C(=O)O)OO1. The van der Waals surface area contributed by atoms with Crippen LogP contribution in [0.3, 0.4) is 0 Å². The van der Waals surface area contributed by atoms with Gasteiger partial charge >= 0.3 is 5.97 Å². The standard InChI is InChI=1S/C24H40O4/c1-18(2)10-7-11-19(3)12-8-13-20(4)14-9-16-24(6)17-15-22(27-28-24)21(5)23(25)26/h10,12,14,21-22H,7-9,11,13,15-17H2,1-6H3,(H,25,26)/t21-,22?,24?/m0/s1. The van der Waals surface area contributed by atoms with Crippen molar-refractivity contribution in [2.45, 2.75) is 105 Å². The van der Waals surface area contributed by atoms with E-state index in [1.54, 1.807) is 6.92 Å². The molecule has 0 aromatic carbocycles. The molecule has 28 heavy (non-hydrogen) atoms. The van der Waals surface area contributed by atoms with Gasteiger partial charge in [-0.05, 0) is 92.9 Å². The molecule has 3 atom stereocenters. The van der Waals surface area contributed by atoms with Gasteiger partial charge in [-0.1, -0.05) is 34.9 Å². The van der Waals surface area contributed by atoms with Crippen LogP contribution in [0.2, 0.25) is 0 Å². The van der Waals surface area contributed by atoms with Gasteiger partial charge in [0.2, 0.25) is 0 Å². The third kappa shape index (κ3) is 9.70. The Morgan fingerprint density at radius 1 is 1.07 bits per heavy atom. The topological polar surface area (TPSA) is 55.8 Å². The monoisotopic (exact) mass is 392 g/mol. The van der Waals surface area contributed by atoms with Gasteiger partial charge in [0.15, 0.2) is 0 Å². The fourth-order valence-corrected chi connectivity index (χ4v) is 3.34. The summed E-state index contributed by atoms with van der Waals surface area (Å²) in [6.07, 6.45) is 14.5. The van der Waals surface area contributed by atoms with Crippen molar-refractivity contribution in [2.75, 3.05) is 0 Å². The van der Waals surface area contributed by atoms with Crippen LogP contribution >= 0.6 is 0 Å². The molecule has 2 unspecified atom stereocenters. The largest absolute Gasteiger partial charge is 0.481 e. The fraction of sp³-hybridized carbons (Fsp3) is 0.708. The van der Waals surface area contributed by atoms with Gasteiger partial charge in [-0.2, -0.15) is 0 Å². The summed E-state index contributed by atoms with van der Waals surface area (Å²) in [5, 5.41) is 9.09. The van der Waals surface area contributed by atoms with Gasteiger partial charge in [-0.25, -0.2) is 9.78 Å². The first-order chi connectivity index (χ1) is 13.1. The molecule has 1 aliphatic heterocycles. The third-order valence-corrected chi connectivity index (χ3v) is 5.57. The zero-order chi connectivity index (χ0) is 21.2. The predicted molar refractivity (Wildman–Crippen MR) is 115 cm³/mol. The first-order valence-corrected chi connectivity index (χ1v) is 10.6. The highest BCUT2D eigenvalue weighted by Crippen LogP contribution is 2.33. The summed E-state index contributed by atoms with van der Waals surface area (Å²) >= 11 is 0. The number of rotatable bonds is 11. The van der Waals surface area contributed by atoms with E-state index >= 15 is 0 Å². The van der Waals surface area contributed by atoms with E-state index in [2.05, 4.69) is 52.8 Å². The predicted octanol–water partition coefficient (Wildman–Crippen LogP) is 6.78. The number of hydrogen-bond acceptors (Lipinski definition) is 3. The molecule has 0 radical (unpaired) electrons. The Balaban J connectivity index is 2.30. The Kier molecular flexibility index (Phi) is 10.8. The minimum atomic E-state index is -0.836. The van der Waals surface area contributed by atoms with Crippen molar-refractivity contribution in [2.24, 2.45) is 5.92 Å². The highest BCUT2D eigenvalue weighted by Gasteiger charge is 2.37. The molecular weight excluding hydrogens is 352 g/mol. The third-order valence-electron chi connectivity index (χ3n) is 5.57. The summed E-state index contributed by atoms with van der Waals surface area (Å²) < 4.78 is 0. The first-order valence-electron chi connectivity index (χ1n) is 10.6. The summed E-state index contributed by atoms with van der Waals surface area (Å²) in [7, 11) is 0. The van der Waals surface area contributed by atoms with Gasteiger partial charge in [-0.3, -0.25) is 4.79 Å². The fourth-order valence-electron chi connectivity index (χ4n) is 3.34. The van der Waals surface area contributed by atoms with E-state index in [1.165, 1.54) is 16.7 Å². The zero-order valence-electron chi connectivity index (χ0n) is 18.7. The molecular formula is C24H40O4. The van der Waals surface area contributed by atoms with Crippen LogP contribution in [-0.2, 0) is 14.6 Å². The number of aliphatic carboxylic acids is 1. The Morgan fingerprint density at radius 3 is 2.14 bits per heavy atom. The smallest absolute Gasteiger partial charge is 0.308 e. The summed E-state index contributed by atoms with van der Waals surface area (Å²) in [5.74, 6) is -1.37. The van der Waals surface area contributed by atoms with Crippen LogP contribution in [0, 0.1) is 5.92 Å². The lowest BCUT2D eigenvalue weighted by Crippen LogP contribution is -2.41. The number of allylic oxidation sites excluding steroid dienone is 6. The Bertz CT molecular complexity index is 573. The van der Waals surface area contributed by atoms with Crippen LogP contribution in [0.1, 0.15) is 92.9 Å². The Hall–Kier alpha value is -1.39. The second-order valence-electron chi connectivity index (χ2n) is 8.83. The molecule has 1 saturated heterocycles. The normalized spacial score (nSPS) is 24.7. The Labute approximate surface area is 171 Å². The molecule has 4 heteroatoms. The second kappa shape index (κ2) is 12.2. The molecule has 0 bridgehead atoms. The van der Waals surface area contributed by atoms with Crippen molar-refractivity contribution in [1.29, 1.82) is 0 Å². The van der Waals surface area contributed by atoms with Crippen molar-refractivity contribution in [1.82, 2.24) is 0 Å². The van der Waals surface area contributed by atoms with E-state index in [4.69, 9.17) is 14.9 Å². The van der Waals surface area contributed by atoms with Crippen LogP contribution in [-0.4, -0.2) is 22.8 Å². The molecule has 0 aromatic rings. The van der Waals surface area contributed by atoms with E-state index in [-0.39, 0.29) is 11.7 Å². The van der Waals surface area contributed by atoms with Gasteiger partial charge in [0.25, 0.3) is 0 Å². The van der Waals surface area contributed by atoms with Crippen molar-refractivity contribution in [3.05, 3.63) is 34.9 Å². The summed E-state index contributed by atoms with van der Waals surface area (Å²) in [6, 6.07) is 0. The molecule has 1 heterocycles. The van der Waals surface area contributed by atoms with Crippen molar-refractivity contribution < 1.29 is 19.7 Å². The van der Waals surface area contributed by atoms with Crippen molar-refractivity contribution >= 4 is 5.97 Å². The summed E-state index contributed by atoms with van der Waals surface area (Å²) in [6.45, 7) is 12.4. The summed E-state index contributed by atoms with van der Waals surface area (Å²) in [5.41, 5.74) is 3.94. The molecule has 0 amide bonds. The summed E-state index contributed by atoms with van der Waals surface area (Å²) in [4.78, 5) is 22.1. The first kappa shape index (κ1) is 24.6. The van der Waals surface area contributed by atoms with E-state index in [9.17, 15) is 4.79 Å². The molecule has 1 rings (SSSR count). The lowest BCUT2D eigenvalue weighted by atomic mass is 9.88. The molecule has 0 aliphatic carbocycles. The van der Waals surface area contributed by atoms with Crippen molar-refractivity contribution in [3.8, 4) is 0 Å². The molecule has 0 spiro atoms. The Morgan fingerprint density at radius 2 is 1.64 bits per heavy atom. The lowest BCUT2D eigenvalue weighted by molar-refractivity contribution is -0.411. The van der Waals surface area contributed by atoms with Gasteiger partial charge in [0, 0.05) is 0 Å². The van der Waals surface area contributed by atoms with Gasteiger partial charge < -0.3 is 5.11 Å². The molecule has 4 nitrogen and oxygen atoms in total. The number of hydrogen-bond donors (Lipinski definition) is 1. The number of carboxylic acids is 1. The van der Waals surface area contributed by atoms with Crippen LogP contribution < -0.4 is 0 Å². The minimum Gasteiger partial charge on any atom is -0.481 e. The van der Waals surface area contributed by atoms with Gasteiger partial charge in [0.1, 0.15) is 11.7 Å². The number of carbonyl (C=O) groups is 1. The van der Waals surface area contributed by atoms with E-state index in [0.717, 1.165) is 51.4 Å². The molecule has 1 aliphatic rings. The lowest BCUT2D eigenvalue weighted by Gasteiger charge is -2.37. The molecule has 1 fully saturated rings. The maximum Gasteiger partial charge on any atom is 0.308 e. The van der Waals surface area contributed by atoms with E-state index < -0.39 is 11.9 Å². The zero-order valence-corrected chi connectivity index (χ0v) is 18.7. The number of carboxylic acid groups (broad SMARTS) is 1. The highest BCUT2D eigenvalue weighted by atomic mass is 17.2. The van der Waals surface area contributed by atoms with Crippen LogP contribution in [0.15, 0.2) is 34.9 Å². The van der Waals surface area contributed by atoms with E-state index in [0.29, 0.717) is 0 Å². The van der Waals surface area contributed by atoms with Crippen LogP contribution in [0.4, 0.5) is 0 Å².